The lowest BCUT2D eigenvalue weighted by Crippen LogP contribution is -2.35. The SMILES string of the molecule is Cc1ccc(NC(=O)c2oc3ccncc3c2NC(=O)[C@H]2CC[C@H](C(=O)N(C)C)CC2)nc1. The zero-order valence-corrected chi connectivity index (χ0v) is 18.9. The molecule has 0 saturated heterocycles. The third-order valence-electron chi connectivity index (χ3n) is 5.98. The molecule has 3 aromatic heterocycles. The van der Waals surface area contributed by atoms with E-state index in [1.165, 1.54) is 0 Å². The molecule has 0 aliphatic heterocycles. The van der Waals surface area contributed by atoms with E-state index in [1.807, 2.05) is 13.0 Å². The summed E-state index contributed by atoms with van der Waals surface area (Å²) in [5.74, 6) is -0.531. The normalized spacial score (nSPS) is 18.0. The molecular weight excluding hydrogens is 422 g/mol. The van der Waals surface area contributed by atoms with Gasteiger partial charge in [-0.2, -0.15) is 0 Å². The number of fused-ring (bicyclic) bond motifs is 1. The molecule has 3 amide bonds. The van der Waals surface area contributed by atoms with Crippen molar-refractivity contribution in [2.75, 3.05) is 24.7 Å². The number of carbonyl (C=O) groups is 3. The van der Waals surface area contributed by atoms with Crippen molar-refractivity contribution in [1.29, 1.82) is 0 Å². The monoisotopic (exact) mass is 449 g/mol. The van der Waals surface area contributed by atoms with Crippen LogP contribution < -0.4 is 10.6 Å². The molecule has 0 atom stereocenters. The van der Waals surface area contributed by atoms with E-state index in [2.05, 4.69) is 20.6 Å². The maximum Gasteiger partial charge on any atom is 0.294 e. The third kappa shape index (κ3) is 4.87. The van der Waals surface area contributed by atoms with E-state index in [4.69, 9.17) is 4.42 Å². The van der Waals surface area contributed by atoms with Crippen LogP contribution in [0.25, 0.3) is 11.0 Å². The predicted octanol–water partition coefficient (Wildman–Crippen LogP) is 3.62. The zero-order valence-electron chi connectivity index (χ0n) is 18.9. The van der Waals surface area contributed by atoms with Gasteiger partial charge in [0.2, 0.25) is 17.6 Å². The van der Waals surface area contributed by atoms with Crippen LogP contribution in [0.3, 0.4) is 0 Å². The van der Waals surface area contributed by atoms with Crippen LogP contribution in [0.2, 0.25) is 0 Å². The van der Waals surface area contributed by atoms with Crippen LogP contribution in [0.15, 0.2) is 41.2 Å². The van der Waals surface area contributed by atoms with Crippen molar-refractivity contribution in [3.8, 4) is 0 Å². The van der Waals surface area contributed by atoms with E-state index >= 15 is 0 Å². The number of amides is 3. The topological polar surface area (TPSA) is 117 Å². The summed E-state index contributed by atoms with van der Waals surface area (Å²) in [7, 11) is 3.50. The first-order valence-electron chi connectivity index (χ1n) is 11.0. The third-order valence-corrected chi connectivity index (χ3v) is 5.98. The molecule has 9 nitrogen and oxygen atoms in total. The smallest absolute Gasteiger partial charge is 0.294 e. The van der Waals surface area contributed by atoms with E-state index < -0.39 is 5.91 Å². The molecule has 3 aromatic rings. The highest BCUT2D eigenvalue weighted by atomic mass is 16.3. The van der Waals surface area contributed by atoms with E-state index in [0.29, 0.717) is 48.2 Å². The molecule has 0 bridgehead atoms. The summed E-state index contributed by atoms with van der Waals surface area (Å²) < 4.78 is 5.78. The van der Waals surface area contributed by atoms with Gasteiger partial charge in [0.1, 0.15) is 17.1 Å². The molecule has 3 heterocycles. The molecule has 33 heavy (non-hydrogen) atoms. The highest BCUT2D eigenvalue weighted by molar-refractivity contribution is 6.14. The Bertz CT molecular complexity index is 1180. The molecule has 0 aromatic carbocycles. The number of carbonyl (C=O) groups excluding carboxylic acids is 3. The van der Waals surface area contributed by atoms with Gasteiger partial charge >= 0.3 is 0 Å². The minimum atomic E-state index is -0.516. The van der Waals surface area contributed by atoms with E-state index in [1.54, 1.807) is 49.7 Å². The maximum atomic E-state index is 13.1. The number of rotatable bonds is 5. The Morgan fingerprint density at radius 1 is 1.00 bits per heavy atom. The van der Waals surface area contributed by atoms with Gasteiger partial charge < -0.3 is 20.0 Å². The fourth-order valence-corrected chi connectivity index (χ4v) is 4.13. The van der Waals surface area contributed by atoms with Crippen LogP contribution in [-0.2, 0) is 9.59 Å². The number of hydrogen-bond donors (Lipinski definition) is 2. The Hall–Kier alpha value is -3.75. The summed E-state index contributed by atoms with van der Waals surface area (Å²) in [6.45, 7) is 1.91. The number of furan rings is 1. The largest absolute Gasteiger partial charge is 0.448 e. The van der Waals surface area contributed by atoms with Crippen molar-refractivity contribution in [1.82, 2.24) is 14.9 Å². The Balaban J connectivity index is 1.52. The van der Waals surface area contributed by atoms with Crippen molar-refractivity contribution in [2.24, 2.45) is 11.8 Å². The molecule has 1 fully saturated rings. The first-order valence-corrected chi connectivity index (χ1v) is 11.0. The summed E-state index contributed by atoms with van der Waals surface area (Å²) in [6.07, 6.45) is 7.31. The van der Waals surface area contributed by atoms with Gasteiger partial charge in [0, 0.05) is 44.5 Å². The molecule has 1 aliphatic carbocycles. The quantitative estimate of drug-likeness (QED) is 0.614. The molecular formula is C24H27N5O4. The van der Waals surface area contributed by atoms with E-state index in [0.717, 1.165) is 5.56 Å². The van der Waals surface area contributed by atoms with Gasteiger partial charge in [0.25, 0.3) is 5.91 Å². The predicted molar refractivity (Wildman–Crippen MR) is 124 cm³/mol. The highest BCUT2D eigenvalue weighted by Crippen LogP contribution is 2.34. The Labute approximate surface area is 191 Å². The number of hydrogen-bond acceptors (Lipinski definition) is 6. The molecule has 1 saturated carbocycles. The van der Waals surface area contributed by atoms with Gasteiger partial charge in [-0.3, -0.25) is 19.4 Å². The van der Waals surface area contributed by atoms with E-state index in [-0.39, 0.29) is 29.4 Å². The number of nitrogens with one attached hydrogen (secondary N) is 2. The van der Waals surface area contributed by atoms with Crippen molar-refractivity contribution in [3.05, 3.63) is 48.1 Å². The molecule has 0 radical (unpaired) electrons. The highest BCUT2D eigenvalue weighted by Gasteiger charge is 2.32. The maximum absolute atomic E-state index is 13.1. The summed E-state index contributed by atoms with van der Waals surface area (Å²) in [4.78, 5) is 48.2. The Morgan fingerprint density at radius 3 is 2.39 bits per heavy atom. The Kier molecular flexibility index (Phi) is 6.39. The molecule has 2 N–H and O–H groups in total. The zero-order chi connectivity index (χ0) is 23.5. The lowest BCUT2D eigenvalue weighted by atomic mass is 9.81. The first kappa shape index (κ1) is 22.4. The van der Waals surface area contributed by atoms with Crippen LogP contribution in [0, 0.1) is 18.8 Å². The number of anilines is 2. The fraction of sp³-hybridized carbons (Fsp3) is 0.375. The van der Waals surface area contributed by atoms with Crippen molar-refractivity contribution >= 4 is 40.2 Å². The van der Waals surface area contributed by atoms with Crippen LogP contribution >= 0.6 is 0 Å². The van der Waals surface area contributed by atoms with Crippen LogP contribution in [0.1, 0.15) is 41.8 Å². The fourth-order valence-electron chi connectivity index (χ4n) is 4.13. The van der Waals surface area contributed by atoms with Gasteiger partial charge in [-0.1, -0.05) is 6.07 Å². The van der Waals surface area contributed by atoms with Gasteiger partial charge in [0.15, 0.2) is 0 Å². The number of aromatic nitrogens is 2. The summed E-state index contributed by atoms with van der Waals surface area (Å²) in [5.41, 5.74) is 1.71. The average molecular weight is 450 g/mol. The Morgan fingerprint density at radius 2 is 1.73 bits per heavy atom. The lowest BCUT2D eigenvalue weighted by Gasteiger charge is -2.28. The van der Waals surface area contributed by atoms with Gasteiger partial charge in [-0.25, -0.2) is 4.98 Å². The van der Waals surface area contributed by atoms with Gasteiger partial charge in [-0.05, 0) is 50.3 Å². The molecule has 0 unspecified atom stereocenters. The van der Waals surface area contributed by atoms with Crippen molar-refractivity contribution in [2.45, 2.75) is 32.6 Å². The molecule has 172 valence electrons. The second kappa shape index (κ2) is 9.40. The number of aryl methyl sites for hydroxylation is 1. The van der Waals surface area contributed by atoms with Crippen LogP contribution in [0.4, 0.5) is 11.5 Å². The summed E-state index contributed by atoms with van der Waals surface area (Å²) in [6, 6.07) is 5.18. The molecule has 0 spiro atoms. The minimum absolute atomic E-state index is 0.00908. The molecule has 9 heteroatoms. The molecule has 4 rings (SSSR count). The average Bonchev–Trinajstić information content (AvgIpc) is 3.18. The summed E-state index contributed by atoms with van der Waals surface area (Å²) >= 11 is 0. The minimum Gasteiger partial charge on any atom is -0.448 e. The van der Waals surface area contributed by atoms with Gasteiger partial charge in [0.05, 0.1) is 5.39 Å². The van der Waals surface area contributed by atoms with Gasteiger partial charge in [-0.15, -0.1) is 0 Å². The van der Waals surface area contributed by atoms with Crippen LogP contribution in [0.5, 0.6) is 0 Å². The number of pyridine rings is 2. The second-order valence-corrected chi connectivity index (χ2v) is 8.62. The first-order chi connectivity index (χ1) is 15.8. The number of nitrogens with zero attached hydrogens (tertiary/aromatic N) is 3. The second-order valence-electron chi connectivity index (χ2n) is 8.62. The summed E-state index contributed by atoms with van der Waals surface area (Å²) in [5, 5.41) is 6.15. The standard InChI is InChI=1S/C24H27N5O4/c1-14-4-9-19(26-12-14)27-23(31)21-20(17-13-25-11-10-18(17)33-21)28-22(30)15-5-7-16(8-6-15)24(32)29(2)3/h4,9-13,15-16H,5-8H2,1-3H3,(H,28,30)(H,26,27,31)/t15-,16-. The lowest BCUT2D eigenvalue weighted by molar-refractivity contribution is -0.135. The van der Waals surface area contributed by atoms with Crippen molar-refractivity contribution in [3.63, 3.8) is 0 Å². The van der Waals surface area contributed by atoms with Crippen molar-refractivity contribution < 1.29 is 18.8 Å². The van der Waals surface area contributed by atoms with E-state index in [9.17, 15) is 14.4 Å². The molecule has 1 aliphatic rings. The van der Waals surface area contributed by atoms with Crippen LogP contribution in [-0.4, -0.2) is 46.7 Å².